The van der Waals surface area contributed by atoms with Crippen molar-refractivity contribution in [3.8, 4) is 0 Å². The molecule has 1 rings (SSSR count). The van der Waals surface area contributed by atoms with Crippen molar-refractivity contribution >= 4 is 5.69 Å². The lowest BCUT2D eigenvalue weighted by Gasteiger charge is -2.35. The van der Waals surface area contributed by atoms with Crippen LogP contribution in [0.4, 0.5) is 5.69 Å². The highest BCUT2D eigenvalue weighted by Crippen LogP contribution is 2.22. The molecule has 0 aliphatic heterocycles. The Morgan fingerprint density at radius 3 is 2.12 bits per heavy atom. The van der Waals surface area contributed by atoms with Crippen molar-refractivity contribution < 1.29 is 9.47 Å². The molecular formula is C13H20NO2+. The van der Waals surface area contributed by atoms with Crippen LogP contribution in [0, 0.1) is 0 Å². The standard InChI is InChI=1S/C13H20NO2/c1-4-10-14(11-15-2,12-16-3)13-8-6-5-7-9-13/h4-9H,1,10-12H2,2-3H3/q+1. The first kappa shape index (κ1) is 12.9. The van der Waals surface area contributed by atoms with Crippen LogP contribution < -0.4 is 4.48 Å². The number of methoxy groups -OCH3 is 2. The maximum absolute atomic E-state index is 5.31. The molecule has 88 valence electrons. The van der Waals surface area contributed by atoms with E-state index in [9.17, 15) is 0 Å². The van der Waals surface area contributed by atoms with Crippen LogP contribution in [-0.2, 0) is 9.47 Å². The summed E-state index contributed by atoms with van der Waals surface area (Å²) in [5.74, 6) is 0. The Bertz CT molecular complexity index is 305. The Labute approximate surface area is 97.5 Å². The average molecular weight is 222 g/mol. The van der Waals surface area contributed by atoms with Crippen molar-refractivity contribution in [3.05, 3.63) is 43.0 Å². The van der Waals surface area contributed by atoms with E-state index in [-0.39, 0.29) is 0 Å². The number of rotatable bonds is 7. The summed E-state index contributed by atoms with van der Waals surface area (Å²) in [6.45, 7) is 5.74. The number of nitrogens with zero attached hydrogens (tertiary/aromatic N) is 1. The number of benzene rings is 1. The normalized spacial score (nSPS) is 11.4. The largest absolute Gasteiger partial charge is 0.335 e. The average Bonchev–Trinajstić information content (AvgIpc) is 2.31. The smallest absolute Gasteiger partial charge is 0.189 e. The van der Waals surface area contributed by atoms with E-state index in [1.165, 1.54) is 5.69 Å². The van der Waals surface area contributed by atoms with Crippen molar-refractivity contribution in [1.29, 1.82) is 0 Å². The van der Waals surface area contributed by atoms with Crippen LogP contribution >= 0.6 is 0 Å². The van der Waals surface area contributed by atoms with Gasteiger partial charge in [0.15, 0.2) is 13.5 Å². The second-order valence-corrected chi connectivity index (χ2v) is 3.79. The summed E-state index contributed by atoms with van der Waals surface area (Å²) in [6, 6.07) is 10.2. The lowest BCUT2D eigenvalue weighted by molar-refractivity contribution is -0.00129. The van der Waals surface area contributed by atoms with Crippen LogP contribution in [0.1, 0.15) is 0 Å². The van der Waals surface area contributed by atoms with Gasteiger partial charge in [-0.3, -0.25) is 0 Å². The van der Waals surface area contributed by atoms with E-state index in [2.05, 4.69) is 18.7 Å². The molecule has 1 aromatic rings. The number of hydrogen-bond acceptors (Lipinski definition) is 2. The Hall–Kier alpha value is -1.16. The van der Waals surface area contributed by atoms with E-state index < -0.39 is 0 Å². The first-order valence-electron chi connectivity index (χ1n) is 5.29. The van der Waals surface area contributed by atoms with E-state index >= 15 is 0 Å². The van der Waals surface area contributed by atoms with Gasteiger partial charge in [-0.25, -0.2) is 4.48 Å². The van der Waals surface area contributed by atoms with Crippen molar-refractivity contribution in [3.63, 3.8) is 0 Å². The molecule has 3 heteroatoms. The third-order valence-corrected chi connectivity index (χ3v) is 2.53. The first-order valence-corrected chi connectivity index (χ1v) is 5.29. The van der Waals surface area contributed by atoms with Crippen LogP contribution in [-0.4, -0.2) is 34.2 Å². The minimum absolute atomic E-state index is 0.573. The molecule has 0 atom stereocenters. The highest BCUT2D eigenvalue weighted by molar-refractivity contribution is 5.42. The van der Waals surface area contributed by atoms with E-state index in [0.717, 1.165) is 6.54 Å². The van der Waals surface area contributed by atoms with Gasteiger partial charge in [0.05, 0.1) is 0 Å². The first-order chi connectivity index (χ1) is 7.79. The van der Waals surface area contributed by atoms with Gasteiger partial charge in [-0.05, 0) is 18.2 Å². The molecular weight excluding hydrogens is 202 g/mol. The summed E-state index contributed by atoms with van der Waals surface area (Å²) in [4.78, 5) is 0. The summed E-state index contributed by atoms with van der Waals surface area (Å²) in [6.07, 6.45) is 1.89. The van der Waals surface area contributed by atoms with Gasteiger partial charge in [0.1, 0.15) is 12.2 Å². The van der Waals surface area contributed by atoms with E-state index in [4.69, 9.17) is 9.47 Å². The van der Waals surface area contributed by atoms with Gasteiger partial charge in [-0.2, -0.15) is 0 Å². The molecule has 0 amide bonds. The second-order valence-electron chi connectivity index (χ2n) is 3.79. The van der Waals surface area contributed by atoms with Crippen molar-refractivity contribution in [1.82, 2.24) is 4.48 Å². The summed E-state index contributed by atoms with van der Waals surface area (Å²) in [7, 11) is 3.41. The molecule has 0 heterocycles. The number of quaternary nitrogens is 1. The summed E-state index contributed by atoms with van der Waals surface area (Å²) < 4.78 is 11.2. The van der Waals surface area contributed by atoms with Crippen molar-refractivity contribution in [2.24, 2.45) is 0 Å². The molecule has 0 aromatic heterocycles. The predicted molar refractivity (Wildman–Crippen MR) is 67.1 cm³/mol. The highest BCUT2D eigenvalue weighted by Gasteiger charge is 2.28. The molecule has 0 saturated carbocycles. The van der Waals surface area contributed by atoms with Crippen LogP contribution in [0.25, 0.3) is 0 Å². The minimum Gasteiger partial charge on any atom is -0.335 e. The molecule has 3 nitrogen and oxygen atoms in total. The zero-order valence-electron chi connectivity index (χ0n) is 10.1. The minimum atomic E-state index is 0.573. The lowest BCUT2D eigenvalue weighted by Crippen LogP contribution is -2.52. The Balaban J connectivity index is 3.04. The maximum Gasteiger partial charge on any atom is 0.189 e. The monoisotopic (exact) mass is 222 g/mol. The molecule has 0 N–H and O–H groups in total. The fraction of sp³-hybridized carbons (Fsp3) is 0.385. The molecule has 0 spiro atoms. The summed E-state index contributed by atoms with van der Waals surface area (Å²) >= 11 is 0. The molecule has 0 unspecified atom stereocenters. The lowest BCUT2D eigenvalue weighted by atomic mass is 10.2. The van der Waals surface area contributed by atoms with Crippen LogP contribution in [0.2, 0.25) is 0 Å². The van der Waals surface area contributed by atoms with Gasteiger partial charge in [-0.1, -0.05) is 24.8 Å². The SMILES string of the molecule is C=CC[N+](COC)(COC)c1ccccc1. The fourth-order valence-electron chi connectivity index (χ4n) is 1.88. The highest BCUT2D eigenvalue weighted by atomic mass is 16.5. The van der Waals surface area contributed by atoms with Gasteiger partial charge in [0.25, 0.3) is 0 Å². The number of hydrogen-bond donors (Lipinski definition) is 0. The topological polar surface area (TPSA) is 18.5 Å². The molecule has 0 bridgehead atoms. The number of para-hydroxylation sites is 1. The Morgan fingerprint density at radius 2 is 1.69 bits per heavy atom. The zero-order chi connectivity index (χ0) is 11.9. The molecule has 0 aliphatic carbocycles. The summed E-state index contributed by atoms with van der Waals surface area (Å²) in [5.41, 5.74) is 1.17. The Kier molecular flexibility index (Phi) is 5.19. The second kappa shape index (κ2) is 6.43. The number of ether oxygens (including phenoxy) is 2. The predicted octanol–water partition coefficient (Wildman–Crippen LogP) is 2.39. The van der Waals surface area contributed by atoms with Gasteiger partial charge in [-0.15, -0.1) is 0 Å². The molecule has 0 saturated heterocycles. The molecule has 0 radical (unpaired) electrons. The third kappa shape index (κ3) is 2.92. The quantitative estimate of drug-likeness (QED) is 0.400. The summed E-state index contributed by atoms with van der Waals surface area (Å²) in [5, 5.41) is 0. The van der Waals surface area contributed by atoms with Crippen molar-refractivity contribution in [2.45, 2.75) is 0 Å². The van der Waals surface area contributed by atoms with Crippen LogP contribution in [0.5, 0.6) is 0 Å². The fourth-order valence-corrected chi connectivity index (χ4v) is 1.88. The van der Waals surface area contributed by atoms with E-state index in [0.29, 0.717) is 17.9 Å². The molecule has 0 aliphatic rings. The van der Waals surface area contributed by atoms with Gasteiger partial charge < -0.3 is 9.47 Å². The van der Waals surface area contributed by atoms with E-state index in [1.54, 1.807) is 14.2 Å². The molecule has 0 fully saturated rings. The van der Waals surface area contributed by atoms with E-state index in [1.807, 2.05) is 24.3 Å². The Morgan fingerprint density at radius 1 is 1.12 bits per heavy atom. The van der Waals surface area contributed by atoms with Crippen LogP contribution in [0.15, 0.2) is 43.0 Å². The van der Waals surface area contributed by atoms with Gasteiger partial charge in [0.2, 0.25) is 0 Å². The molecule has 16 heavy (non-hydrogen) atoms. The van der Waals surface area contributed by atoms with Gasteiger partial charge >= 0.3 is 0 Å². The third-order valence-electron chi connectivity index (χ3n) is 2.53. The van der Waals surface area contributed by atoms with Crippen molar-refractivity contribution in [2.75, 3.05) is 34.2 Å². The van der Waals surface area contributed by atoms with Crippen LogP contribution in [0.3, 0.4) is 0 Å². The van der Waals surface area contributed by atoms with Gasteiger partial charge in [0, 0.05) is 14.2 Å². The molecule has 1 aromatic carbocycles. The zero-order valence-corrected chi connectivity index (χ0v) is 10.1. The maximum atomic E-state index is 5.31.